The molecule has 0 atom stereocenters. The first-order valence-electron chi connectivity index (χ1n) is 8.05. The van der Waals surface area contributed by atoms with Crippen molar-refractivity contribution in [3.05, 3.63) is 71.7 Å². The van der Waals surface area contributed by atoms with E-state index in [2.05, 4.69) is 21.4 Å². The van der Waals surface area contributed by atoms with Crippen LogP contribution >= 0.6 is 0 Å². The number of hydrogen-bond donors (Lipinski definition) is 2. The van der Waals surface area contributed by atoms with E-state index in [1.54, 1.807) is 12.1 Å². The van der Waals surface area contributed by atoms with Gasteiger partial charge in [0.15, 0.2) is 0 Å². The highest BCUT2D eigenvalue weighted by molar-refractivity contribution is 5.91. The van der Waals surface area contributed by atoms with Crippen molar-refractivity contribution in [1.29, 1.82) is 0 Å². The van der Waals surface area contributed by atoms with Crippen LogP contribution in [0.4, 0.5) is 11.5 Å². The number of carbonyl (C=O) groups is 1. The monoisotopic (exact) mass is 332 g/mol. The van der Waals surface area contributed by atoms with Crippen molar-refractivity contribution in [1.82, 2.24) is 9.97 Å². The Morgan fingerprint density at radius 2 is 1.92 bits per heavy atom. The molecule has 5 heteroatoms. The van der Waals surface area contributed by atoms with Crippen molar-refractivity contribution in [3.8, 4) is 11.1 Å². The minimum absolute atomic E-state index is 0.107. The highest BCUT2D eigenvalue weighted by Crippen LogP contribution is 2.24. The second-order valence-corrected chi connectivity index (χ2v) is 6.04. The highest BCUT2D eigenvalue weighted by Gasteiger charge is 2.08. The number of rotatable bonds is 4. The van der Waals surface area contributed by atoms with Crippen LogP contribution in [0.25, 0.3) is 11.1 Å². The second-order valence-electron chi connectivity index (χ2n) is 6.04. The van der Waals surface area contributed by atoms with Gasteiger partial charge in [-0.05, 0) is 60.4 Å². The fourth-order valence-electron chi connectivity index (χ4n) is 2.72. The Balaban J connectivity index is 1.72. The van der Waals surface area contributed by atoms with Gasteiger partial charge in [-0.15, -0.1) is 0 Å². The molecule has 0 bridgehead atoms. The number of aryl methyl sites for hydroxylation is 2. The van der Waals surface area contributed by atoms with Crippen molar-refractivity contribution >= 4 is 17.4 Å². The Kier molecular flexibility index (Phi) is 4.75. The Morgan fingerprint density at radius 1 is 1.08 bits per heavy atom. The Bertz CT molecular complexity index is 904. The van der Waals surface area contributed by atoms with Gasteiger partial charge in [0.25, 0.3) is 0 Å². The molecule has 1 amide bonds. The third-order valence-corrected chi connectivity index (χ3v) is 3.92. The number of benzene rings is 1. The van der Waals surface area contributed by atoms with Gasteiger partial charge in [0.2, 0.25) is 5.91 Å². The van der Waals surface area contributed by atoms with Gasteiger partial charge in [-0.2, -0.15) is 0 Å². The lowest BCUT2D eigenvalue weighted by Gasteiger charge is -2.10. The van der Waals surface area contributed by atoms with Crippen molar-refractivity contribution in [3.63, 3.8) is 0 Å². The number of pyridine rings is 2. The Hall–Kier alpha value is -3.21. The predicted molar refractivity (Wildman–Crippen MR) is 100 cm³/mol. The third-order valence-electron chi connectivity index (χ3n) is 3.92. The first-order valence-corrected chi connectivity index (χ1v) is 8.05. The molecular weight excluding hydrogens is 312 g/mol. The summed E-state index contributed by atoms with van der Waals surface area (Å²) in [6.07, 6.45) is 3.62. The van der Waals surface area contributed by atoms with E-state index in [1.165, 1.54) is 6.20 Å². The van der Waals surface area contributed by atoms with Crippen LogP contribution in [0, 0.1) is 13.8 Å². The zero-order valence-electron chi connectivity index (χ0n) is 14.3. The molecular formula is C20H20N4O. The van der Waals surface area contributed by atoms with E-state index in [4.69, 9.17) is 5.73 Å². The number of carbonyl (C=O) groups excluding carboxylic acids is 1. The number of nitrogens with one attached hydrogen (secondary N) is 1. The van der Waals surface area contributed by atoms with Gasteiger partial charge in [0.1, 0.15) is 5.82 Å². The highest BCUT2D eigenvalue weighted by atomic mass is 16.1. The lowest BCUT2D eigenvalue weighted by Crippen LogP contribution is -2.15. The maximum atomic E-state index is 12.2. The van der Waals surface area contributed by atoms with E-state index in [0.29, 0.717) is 17.9 Å². The summed E-state index contributed by atoms with van der Waals surface area (Å²) in [5, 5.41) is 2.78. The Morgan fingerprint density at radius 3 is 2.60 bits per heavy atom. The average molecular weight is 332 g/mol. The number of anilines is 2. The summed E-state index contributed by atoms with van der Waals surface area (Å²) in [4.78, 5) is 20.5. The zero-order chi connectivity index (χ0) is 17.8. The van der Waals surface area contributed by atoms with E-state index in [9.17, 15) is 4.79 Å². The molecule has 25 heavy (non-hydrogen) atoms. The zero-order valence-corrected chi connectivity index (χ0v) is 14.3. The van der Waals surface area contributed by atoms with E-state index < -0.39 is 0 Å². The molecule has 2 heterocycles. The summed E-state index contributed by atoms with van der Waals surface area (Å²) in [5.74, 6) is 0.393. The lowest BCUT2D eigenvalue weighted by atomic mass is 9.97. The van der Waals surface area contributed by atoms with Crippen LogP contribution in [0.15, 0.2) is 54.9 Å². The molecule has 0 fully saturated rings. The van der Waals surface area contributed by atoms with E-state index >= 15 is 0 Å². The molecule has 5 nitrogen and oxygen atoms in total. The number of hydrogen-bond acceptors (Lipinski definition) is 4. The van der Waals surface area contributed by atoms with Gasteiger partial charge in [0.05, 0.1) is 18.3 Å². The van der Waals surface area contributed by atoms with Gasteiger partial charge in [-0.3, -0.25) is 9.78 Å². The fraction of sp³-hybridized carbons (Fsp3) is 0.150. The number of nitrogens with two attached hydrogens (primary N) is 1. The summed E-state index contributed by atoms with van der Waals surface area (Å²) in [5.41, 5.74) is 11.5. The molecule has 3 rings (SSSR count). The van der Waals surface area contributed by atoms with E-state index in [-0.39, 0.29) is 5.91 Å². The van der Waals surface area contributed by atoms with E-state index in [1.807, 2.05) is 44.3 Å². The average Bonchev–Trinajstić information content (AvgIpc) is 2.57. The van der Waals surface area contributed by atoms with Crippen LogP contribution in [0.2, 0.25) is 0 Å². The number of nitrogens with zero attached hydrogens (tertiary/aromatic N) is 2. The summed E-state index contributed by atoms with van der Waals surface area (Å²) in [6, 6.07) is 13.5. The standard InChI is InChI=1S/C20H20N4O/c1-13-9-15(3-5-18(13)16-7-8-22-14(2)10-16)11-20(25)24-19-6-4-17(21)12-23-19/h3-10,12H,11,21H2,1-2H3,(H,23,24,25). The second kappa shape index (κ2) is 7.13. The van der Waals surface area contributed by atoms with Crippen molar-refractivity contribution < 1.29 is 4.79 Å². The van der Waals surface area contributed by atoms with Crippen LogP contribution in [-0.4, -0.2) is 15.9 Å². The van der Waals surface area contributed by atoms with Gasteiger partial charge in [-0.1, -0.05) is 18.2 Å². The molecule has 0 aliphatic heterocycles. The third kappa shape index (κ3) is 4.20. The summed E-state index contributed by atoms with van der Waals surface area (Å²) in [7, 11) is 0. The normalized spacial score (nSPS) is 10.5. The van der Waals surface area contributed by atoms with Crippen LogP contribution in [0.5, 0.6) is 0 Å². The van der Waals surface area contributed by atoms with Crippen LogP contribution < -0.4 is 11.1 Å². The SMILES string of the molecule is Cc1cc(-c2ccc(CC(=O)Nc3ccc(N)cn3)cc2C)ccn1. The molecule has 3 N–H and O–H groups in total. The molecule has 1 aromatic carbocycles. The number of nitrogen functional groups attached to an aromatic ring is 1. The minimum Gasteiger partial charge on any atom is -0.397 e. The smallest absolute Gasteiger partial charge is 0.229 e. The number of aromatic nitrogens is 2. The minimum atomic E-state index is -0.107. The summed E-state index contributed by atoms with van der Waals surface area (Å²) >= 11 is 0. The maximum Gasteiger partial charge on any atom is 0.229 e. The van der Waals surface area contributed by atoms with Crippen molar-refractivity contribution in [2.45, 2.75) is 20.3 Å². The molecule has 0 unspecified atom stereocenters. The summed E-state index contributed by atoms with van der Waals surface area (Å²) < 4.78 is 0. The largest absolute Gasteiger partial charge is 0.397 e. The van der Waals surface area contributed by atoms with Crippen molar-refractivity contribution in [2.75, 3.05) is 11.1 Å². The van der Waals surface area contributed by atoms with Crippen LogP contribution in [0.1, 0.15) is 16.8 Å². The molecule has 2 aromatic heterocycles. The molecule has 0 aliphatic rings. The van der Waals surface area contributed by atoms with Gasteiger partial charge >= 0.3 is 0 Å². The molecule has 126 valence electrons. The molecule has 0 saturated carbocycles. The van der Waals surface area contributed by atoms with Gasteiger partial charge in [-0.25, -0.2) is 4.98 Å². The molecule has 3 aromatic rings. The number of amides is 1. The van der Waals surface area contributed by atoms with Crippen LogP contribution in [0.3, 0.4) is 0 Å². The Labute approximate surface area is 146 Å². The van der Waals surface area contributed by atoms with E-state index in [0.717, 1.165) is 27.9 Å². The maximum absolute atomic E-state index is 12.2. The van der Waals surface area contributed by atoms with Crippen molar-refractivity contribution in [2.24, 2.45) is 0 Å². The molecule has 0 radical (unpaired) electrons. The molecule has 0 spiro atoms. The molecule has 0 aliphatic carbocycles. The summed E-state index contributed by atoms with van der Waals surface area (Å²) in [6.45, 7) is 4.02. The van der Waals surface area contributed by atoms with Gasteiger partial charge in [0, 0.05) is 11.9 Å². The predicted octanol–water partition coefficient (Wildman–Crippen LogP) is 3.52. The van der Waals surface area contributed by atoms with Crippen LogP contribution in [-0.2, 0) is 11.2 Å². The first-order chi connectivity index (χ1) is 12.0. The first kappa shape index (κ1) is 16.6. The lowest BCUT2D eigenvalue weighted by molar-refractivity contribution is -0.115. The van der Waals surface area contributed by atoms with Gasteiger partial charge < -0.3 is 11.1 Å². The quantitative estimate of drug-likeness (QED) is 0.766. The fourth-order valence-corrected chi connectivity index (χ4v) is 2.72. The molecule has 0 saturated heterocycles. The topological polar surface area (TPSA) is 80.9 Å².